The minimum absolute atomic E-state index is 0.315. The van der Waals surface area contributed by atoms with Crippen molar-refractivity contribution in [2.45, 2.75) is 37.4 Å². The van der Waals surface area contributed by atoms with Crippen LogP contribution in [0, 0.1) is 5.92 Å². The Kier molecular flexibility index (Phi) is 3.49. The fourth-order valence-corrected chi connectivity index (χ4v) is 3.31. The topological polar surface area (TPSA) is 75.3 Å². The summed E-state index contributed by atoms with van der Waals surface area (Å²) in [6.07, 6.45) is 3.56. The van der Waals surface area contributed by atoms with Crippen LogP contribution >= 0.6 is 0 Å². The van der Waals surface area contributed by atoms with Gasteiger partial charge in [0.05, 0.1) is 5.25 Å². The Morgan fingerprint density at radius 3 is 2.62 bits per heavy atom. The summed E-state index contributed by atoms with van der Waals surface area (Å²) >= 11 is 0. The van der Waals surface area contributed by atoms with Crippen LogP contribution < -0.4 is 10.0 Å². The second kappa shape index (κ2) is 4.71. The zero-order valence-corrected chi connectivity index (χ0v) is 10.1. The lowest BCUT2D eigenvalue weighted by Gasteiger charge is -2.08. The number of rotatable bonds is 5. The fraction of sp³-hybridized carbons (Fsp3) is 0.900. The second-order valence-corrected chi connectivity index (χ2v) is 6.63. The second-order valence-electron chi connectivity index (χ2n) is 4.67. The van der Waals surface area contributed by atoms with Gasteiger partial charge in [-0.05, 0) is 44.7 Å². The molecule has 92 valence electrons. The largest absolute Gasteiger partial charge is 0.316 e. The summed E-state index contributed by atoms with van der Waals surface area (Å²) in [6, 6.07) is 0. The van der Waals surface area contributed by atoms with Crippen molar-refractivity contribution in [3.63, 3.8) is 0 Å². The van der Waals surface area contributed by atoms with Crippen molar-refractivity contribution >= 4 is 15.9 Å². The molecule has 2 aliphatic rings. The number of amides is 1. The molecule has 2 N–H and O–H groups in total. The highest BCUT2D eigenvalue weighted by Crippen LogP contribution is 2.27. The normalized spacial score (nSPS) is 25.6. The van der Waals surface area contributed by atoms with E-state index in [4.69, 9.17) is 0 Å². The van der Waals surface area contributed by atoms with Crippen molar-refractivity contribution in [1.29, 1.82) is 0 Å². The third-order valence-corrected chi connectivity index (χ3v) is 5.02. The van der Waals surface area contributed by atoms with E-state index in [9.17, 15) is 13.2 Å². The van der Waals surface area contributed by atoms with Gasteiger partial charge in [0.25, 0.3) is 0 Å². The molecule has 1 saturated heterocycles. The van der Waals surface area contributed by atoms with E-state index >= 15 is 0 Å². The van der Waals surface area contributed by atoms with E-state index in [-0.39, 0.29) is 11.2 Å². The molecule has 0 bridgehead atoms. The molecule has 6 heteroatoms. The summed E-state index contributed by atoms with van der Waals surface area (Å²) in [5.74, 6) is 0.174. The SMILES string of the molecule is O=C(CCC1CCNC1)NS(=O)(=O)C1CC1. The van der Waals surface area contributed by atoms with Gasteiger partial charge in [-0.15, -0.1) is 0 Å². The average Bonchev–Trinajstić information content (AvgIpc) is 2.94. The average molecular weight is 246 g/mol. The lowest BCUT2D eigenvalue weighted by atomic mass is 10.0. The van der Waals surface area contributed by atoms with E-state index in [1.165, 1.54) is 0 Å². The molecule has 16 heavy (non-hydrogen) atoms. The minimum Gasteiger partial charge on any atom is -0.316 e. The number of sulfonamides is 1. The number of hydrogen-bond donors (Lipinski definition) is 2. The first kappa shape index (κ1) is 11.9. The molecule has 1 atom stereocenters. The van der Waals surface area contributed by atoms with Crippen LogP contribution in [-0.2, 0) is 14.8 Å². The Hall–Kier alpha value is -0.620. The predicted molar refractivity (Wildman–Crippen MR) is 60.3 cm³/mol. The molecule has 1 saturated carbocycles. The third kappa shape index (κ3) is 3.18. The summed E-state index contributed by atoms with van der Waals surface area (Å²) in [4.78, 5) is 11.4. The van der Waals surface area contributed by atoms with Gasteiger partial charge in [0, 0.05) is 6.42 Å². The molecule has 0 spiro atoms. The highest BCUT2D eigenvalue weighted by atomic mass is 32.2. The van der Waals surface area contributed by atoms with Crippen molar-refractivity contribution in [3.8, 4) is 0 Å². The zero-order chi connectivity index (χ0) is 11.6. The molecule has 0 aromatic heterocycles. The Labute approximate surface area is 96.0 Å². The maximum atomic E-state index is 11.5. The van der Waals surface area contributed by atoms with Crippen LogP contribution in [0.4, 0.5) is 0 Å². The molecule has 2 fully saturated rings. The first-order chi connectivity index (χ1) is 7.58. The van der Waals surface area contributed by atoms with Gasteiger partial charge in [-0.3, -0.25) is 9.52 Å². The van der Waals surface area contributed by atoms with Crippen LogP contribution in [0.5, 0.6) is 0 Å². The Bertz CT molecular complexity index is 356. The zero-order valence-electron chi connectivity index (χ0n) is 9.24. The monoisotopic (exact) mass is 246 g/mol. The van der Waals surface area contributed by atoms with E-state index in [0.717, 1.165) is 25.9 Å². The summed E-state index contributed by atoms with van der Waals surface area (Å²) < 4.78 is 25.1. The van der Waals surface area contributed by atoms with Gasteiger partial charge in [-0.1, -0.05) is 0 Å². The van der Waals surface area contributed by atoms with E-state index in [1.54, 1.807) is 0 Å². The van der Waals surface area contributed by atoms with Crippen molar-refractivity contribution in [2.75, 3.05) is 13.1 Å². The summed E-state index contributed by atoms with van der Waals surface area (Å²) in [6.45, 7) is 1.95. The quantitative estimate of drug-likeness (QED) is 0.715. The van der Waals surface area contributed by atoms with E-state index < -0.39 is 10.0 Å². The highest BCUT2D eigenvalue weighted by Gasteiger charge is 2.36. The van der Waals surface area contributed by atoms with Crippen LogP contribution in [0.25, 0.3) is 0 Å². The lowest BCUT2D eigenvalue weighted by Crippen LogP contribution is -2.33. The molecular weight excluding hydrogens is 228 g/mol. The summed E-state index contributed by atoms with van der Waals surface area (Å²) in [5, 5.41) is 2.91. The Balaban J connectivity index is 1.71. The van der Waals surface area contributed by atoms with E-state index in [0.29, 0.717) is 25.2 Å². The van der Waals surface area contributed by atoms with Crippen LogP contribution in [0.1, 0.15) is 32.1 Å². The van der Waals surface area contributed by atoms with Crippen molar-refractivity contribution < 1.29 is 13.2 Å². The molecule has 5 nitrogen and oxygen atoms in total. The molecule has 1 unspecified atom stereocenters. The van der Waals surface area contributed by atoms with Gasteiger partial charge in [-0.2, -0.15) is 0 Å². The van der Waals surface area contributed by atoms with Crippen LogP contribution in [0.15, 0.2) is 0 Å². The third-order valence-electron chi connectivity index (χ3n) is 3.16. The molecule has 0 aromatic rings. The van der Waals surface area contributed by atoms with Gasteiger partial charge >= 0.3 is 0 Å². The number of hydrogen-bond acceptors (Lipinski definition) is 4. The molecule has 0 aromatic carbocycles. The van der Waals surface area contributed by atoms with Crippen LogP contribution in [0.3, 0.4) is 0 Å². The maximum Gasteiger partial charge on any atom is 0.237 e. The van der Waals surface area contributed by atoms with Gasteiger partial charge in [0.15, 0.2) is 0 Å². The number of nitrogens with one attached hydrogen (secondary N) is 2. The molecular formula is C10H18N2O3S. The molecule has 1 amide bonds. The first-order valence-electron chi connectivity index (χ1n) is 5.83. The Morgan fingerprint density at radius 2 is 2.06 bits per heavy atom. The van der Waals surface area contributed by atoms with Crippen molar-refractivity contribution in [1.82, 2.24) is 10.0 Å². The van der Waals surface area contributed by atoms with Crippen molar-refractivity contribution in [3.05, 3.63) is 0 Å². The van der Waals surface area contributed by atoms with Crippen LogP contribution in [-0.4, -0.2) is 32.7 Å². The molecule has 1 heterocycles. The smallest absolute Gasteiger partial charge is 0.237 e. The first-order valence-corrected chi connectivity index (χ1v) is 7.38. The van der Waals surface area contributed by atoms with Gasteiger partial charge in [-0.25, -0.2) is 8.42 Å². The maximum absolute atomic E-state index is 11.5. The minimum atomic E-state index is -3.35. The Morgan fingerprint density at radius 1 is 1.31 bits per heavy atom. The summed E-state index contributed by atoms with van der Waals surface area (Å²) in [7, 11) is -3.35. The number of carbonyl (C=O) groups is 1. The van der Waals surface area contributed by atoms with E-state index in [2.05, 4.69) is 10.0 Å². The standard InChI is InChI=1S/C10H18N2O3S/c13-10(4-1-8-5-6-11-7-8)12-16(14,15)9-2-3-9/h8-9,11H,1-7H2,(H,12,13). The van der Waals surface area contributed by atoms with Gasteiger partial charge < -0.3 is 5.32 Å². The number of carbonyl (C=O) groups excluding carboxylic acids is 1. The molecule has 2 rings (SSSR count). The summed E-state index contributed by atoms with van der Waals surface area (Å²) in [5.41, 5.74) is 0. The van der Waals surface area contributed by atoms with Gasteiger partial charge in [0.2, 0.25) is 15.9 Å². The predicted octanol–water partition coefficient (Wildman–Crippen LogP) is -0.0155. The van der Waals surface area contributed by atoms with Crippen LogP contribution in [0.2, 0.25) is 0 Å². The van der Waals surface area contributed by atoms with Crippen molar-refractivity contribution in [2.24, 2.45) is 5.92 Å². The fourth-order valence-electron chi connectivity index (χ4n) is 1.97. The molecule has 0 radical (unpaired) electrons. The van der Waals surface area contributed by atoms with Gasteiger partial charge in [0.1, 0.15) is 0 Å². The molecule has 1 aliphatic heterocycles. The molecule has 1 aliphatic carbocycles. The highest BCUT2D eigenvalue weighted by molar-refractivity contribution is 7.90. The lowest BCUT2D eigenvalue weighted by molar-refractivity contribution is -0.119. The van der Waals surface area contributed by atoms with E-state index in [1.807, 2.05) is 0 Å².